The third-order valence-corrected chi connectivity index (χ3v) is 3.77. The molecule has 0 spiro atoms. The lowest BCUT2D eigenvalue weighted by Crippen LogP contribution is -2.30. The smallest absolute Gasteiger partial charge is 0.252 e. The molecule has 0 aliphatic heterocycles. The molecule has 1 N–H and O–H groups in total. The minimum atomic E-state index is -0.298. The average molecular weight is 322 g/mol. The Hall–Kier alpha value is -2.75. The van der Waals surface area contributed by atoms with Crippen molar-refractivity contribution < 1.29 is 9.18 Å². The number of aryl methyl sites for hydroxylation is 1. The first-order chi connectivity index (χ1) is 11.4. The molecule has 4 heteroatoms. The van der Waals surface area contributed by atoms with Gasteiger partial charge in [-0.25, -0.2) is 9.37 Å². The van der Waals surface area contributed by atoms with E-state index < -0.39 is 0 Å². The zero-order chi connectivity index (χ0) is 17.3. The monoisotopic (exact) mass is 322 g/mol. The quantitative estimate of drug-likeness (QED) is 0.772. The van der Waals surface area contributed by atoms with E-state index >= 15 is 0 Å². The van der Waals surface area contributed by atoms with Crippen LogP contribution in [0.4, 0.5) is 4.39 Å². The molecule has 0 fully saturated rings. The Morgan fingerprint density at radius 1 is 1.08 bits per heavy atom. The van der Waals surface area contributed by atoms with Gasteiger partial charge in [0.15, 0.2) is 0 Å². The van der Waals surface area contributed by atoms with E-state index in [-0.39, 0.29) is 17.8 Å². The zero-order valence-electron chi connectivity index (χ0n) is 13.9. The predicted octanol–water partition coefficient (Wildman–Crippen LogP) is 4.49. The summed E-state index contributed by atoms with van der Waals surface area (Å²) < 4.78 is 13.2. The first-order valence-electron chi connectivity index (χ1n) is 7.92. The number of carbonyl (C=O) groups excluding carboxylic acids is 1. The number of fused-ring (bicyclic) bond motifs is 1. The Balaban J connectivity index is 2.20. The Morgan fingerprint density at radius 3 is 2.46 bits per heavy atom. The normalized spacial score (nSPS) is 11.0. The van der Waals surface area contributed by atoms with Crippen molar-refractivity contribution in [3.05, 3.63) is 65.5 Å². The van der Waals surface area contributed by atoms with Gasteiger partial charge in [0.25, 0.3) is 5.91 Å². The maximum absolute atomic E-state index is 13.2. The van der Waals surface area contributed by atoms with Gasteiger partial charge in [0, 0.05) is 17.0 Å². The first kappa shape index (κ1) is 16.1. The topological polar surface area (TPSA) is 42.0 Å². The molecule has 0 radical (unpaired) electrons. The second kappa shape index (κ2) is 6.40. The molecular formula is C20H19FN2O. The van der Waals surface area contributed by atoms with Crippen molar-refractivity contribution in [1.82, 2.24) is 10.3 Å². The van der Waals surface area contributed by atoms with Crippen molar-refractivity contribution in [2.24, 2.45) is 0 Å². The van der Waals surface area contributed by atoms with E-state index in [1.807, 2.05) is 39.0 Å². The van der Waals surface area contributed by atoms with Gasteiger partial charge < -0.3 is 5.32 Å². The lowest BCUT2D eigenvalue weighted by atomic mass is 10.0. The lowest BCUT2D eigenvalue weighted by molar-refractivity contribution is 0.0945. The number of pyridine rings is 1. The molecule has 0 aliphatic carbocycles. The Kier molecular flexibility index (Phi) is 4.30. The fourth-order valence-electron chi connectivity index (χ4n) is 2.64. The van der Waals surface area contributed by atoms with Crippen molar-refractivity contribution >= 4 is 16.8 Å². The van der Waals surface area contributed by atoms with E-state index in [4.69, 9.17) is 0 Å². The van der Waals surface area contributed by atoms with Crippen LogP contribution >= 0.6 is 0 Å². The van der Waals surface area contributed by atoms with Crippen LogP contribution in [0.3, 0.4) is 0 Å². The van der Waals surface area contributed by atoms with Gasteiger partial charge in [-0.2, -0.15) is 0 Å². The fraction of sp³-hybridized carbons (Fsp3) is 0.200. The van der Waals surface area contributed by atoms with Gasteiger partial charge in [-0.3, -0.25) is 4.79 Å². The summed E-state index contributed by atoms with van der Waals surface area (Å²) in [4.78, 5) is 17.3. The molecule has 3 nitrogen and oxygen atoms in total. The van der Waals surface area contributed by atoms with Gasteiger partial charge >= 0.3 is 0 Å². The van der Waals surface area contributed by atoms with Gasteiger partial charge in [0.1, 0.15) is 5.82 Å². The summed E-state index contributed by atoms with van der Waals surface area (Å²) in [6.45, 7) is 5.83. The Labute approximate surface area is 140 Å². The Morgan fingerprint density at radius 2 is 1.79 bits per heavy atom. The average Bonchev–Trinajstić information content (AvgIpc) is 2.54. The Bertz CT molecular complexity index is 901. The van der Waals surface area contributed by atoms with Gasteiger partial charge in [-0.1, -0.05) is 11.6 Å². The van der Waals surface area contributed by atoms with Crippen molar-refractivity contribution in [1.29, 1.82) is 0 Å². The van der Waals surface area contributed by atoms with E-state index in [9.17, 15) is 9.18 Å². The standard InChI is InChI=1S/C20H19FN2O/c1-12(2)22-20(24)17-11-19(14-5-7-15(21)8-6-14)23-18-9-4-13(3)10-16(17)18/h4-12H,1-3H3,(H,22,24). The molecule has 0 saturated heterocycles. The summed E-state index contributed by atoms with van der Waals surface area (Å²) in [5, 5.41) is 3.75. The lowest BCUT2D eigenvalue weighted by Gasteiger charge is -2.13. The number of aromatic nitrogens is 1. The molecular weight excluding hydrogens is 303 g/mol. The molecule has 0 unspecified atom stereocenters. The van der Waals surface area contributed by atoms with Gasteiger partial charge in [0.05, 0.1) is 16.8 Å². The highest BCUT2D eigenvalue weighted by atomic mass is 19.1. The van der Waals surface area contributed by atoms with E-state index in [2.05, 4.69) is 10.3 Å². The number of nitrogens with zero attached hydrogens (tertiary/aromatic N) is 1. The van der Waals surface area contributed by atoms with Gasteiger partial charge in [-0.15, -0.1) is 0 Å². The summed E-state index contributed by atoms with van der Waals surface area (Å²) in [5.41, 5.74) is 3.82. The van der Waals surface area contributed by atoms with Crippen LogP contribution in [0.1, 0.15) is 29.8 Å². The number of nitrogens with one attached hydrogen (secondary N) is 1. The zero-order valence-corrected chi connectivity index (χ0v) is 13.9. The third kappa shape index (κ3) is 3.27. The van der Waals surface area contributed by atoms with Crippen LogP contribution in [0.25, 0.3) is 22.2 Å². The van der Waals surface area contributed by atoms with Crippen molar-refractivity contribution in [2.45, 2.75) is 26.8 Å². The van der Waals surface area contributed by atoms with Crippen molar-refractivity contribution in [3.63, 3.8) is 0 Å². The van der Waals surface area contributed by atoms with E-state index in [0.29, 0.717) is 11.3 Å². The van der Waals surface area contributed by atoms with Crippen LogP contribution in [0.5, 0.6) is 0 Å². The molecule has 0 bridgehead atoms. The maximum atomic E-state index is 13.2. The molecule has 0 saturated carbocycles. The summed E-state index contributed by atoms with van der Waals surface area (Å²) >= 11 is 0. The number of rotatable bonds is 3. The molecule has 3 rings (SSSR count). The molecule has 0 aliphatic rings. The highest BCUT2D eigenvalue weighted by Gasteiger charge is 2.15. The van der Waals surface area contributed by atoms with E-state index in [1.165, 1.54) is 12.1 Å². The van der Waals surface area contributed by atoms with Crippen LogP contribution in [0.2, 0.25) is 0 Å². The van der Waals surface area contributed by atoms with Crippen LogP contribution < -0.4 is 5.32 Å². The molecule has 2 aromatic carbocycles. The van der Waals surface area contributed by atoms with E-state index in [0.717, 1.165) is 22.0 Å². The number of amides is 1. The van der Waals surface area contributed by atoms with Crippen LogP contribution in [-0.4, -0.2) is 16.9 Å². The molecule has 122 valence electrons. The molecule has 1 amide bonds. The van der Waals surface area contributed by atoms with Gasteiger partial charge in [0.2, 0.25) is 0 Å². The predicted molar refractivity (Wildman–Crippen MR) is 94.5 cm³/mol. The molecule has 1 aromatic heterocycles. The summed E-state index contributed by atoms with van der Waals surface area (Å²) in [5.74, 6) is -0.431. The minimum absolute atomic E-state index is 0.0415. The number of halogens is 1. The van der Waals surface area contributed by atoms with Gasteiger partial charge in [-0.05, 0) is 63.2 Å². The summed E-state index contributed by atoms with van der Waals surface area (Å²) in [6, 6.07) is 13.8. The van der Waals surface area contributed by atoms with Crippen molar-refractivity contribution in [2.75, 3.05) is 0 Å². The van der Waals surface area contributed by atoms with Crippen LogP contribution in [0, 0.1) is 12.7 Å². The molecule has 24 heavy (non-hydrogen) atoms. The fourth-order valence-corrected chi connectivity index (χ4v) is 2.64. The third-order valence-electron chi connectivity index (χ3n) is 3.77. The minimum Gasteiger partial charge on any atom is -0.350 e. The SMILES string of the molecule is Cc1ccc2nc(-c3ccc(F)cc3)cc(C(=O)NC(C)C)c2c1. The molecule has 3 aromatic rings. The van der Waals surface area contributed by atoms with Crippen LogP contribution in [-0.2, 0) is 0 Å². The first-order valence-corrected chi connectivity index (χ1v) is 7.92. The number of benzene rings is 2. The number of hydrogen-bond donors (Lipinski definition) is 1. The number of carbonyl (C=O) groups is 1. The maximum Gasteiger partial charge on any atom is 0.252 e. The van der Waals surface area contributed by atoms with E-state index in [1.54, 1.807) is 18.2 Å². The highest BCUT2D eigenvalue weighted by molar-refractivity contribution is 6.07. The largest absolute Gasteiger partial charge is 0.350 e. The second-order valence-corrected chi connectivity index (χ2v) is 6.21. The molecule has 0 atom stereocenters. The van der Waals surface area contributed by atoms with Crippen molar-refractivity contribution in [3.8, 4) is 11.3 Å². The second-order valence-electron chi connectivity index (χ2n) is 6.21. The van der Waals surface area contributed by atoms with Crippen LogP contribution in [0.15, 0.2) is 48.5 Å². The summed E-state index contributed by atoms with van der Waals surface area (Å²) in [7, 11) is 0. The molecule has 1 heterocycles. The summed E-state index contributed by atoms with van der Waals surface area (Å²) in [6.07, 6.45) is 0. The highest BCUT2D eigenvalue weighted by Crippen LogP contribution is 2.26. The number of hydrogen-bond acceptors (Lipinski definition) is 2.